The molecule has 101 heavy (non-hydrogen) atoms. The van der Waals surface area contributed by atoms with Gasteiger partial charge in [-0.3, -0.25) is 29.3 Å². The Morgan fingerprint density at radius 2 is 0.970 bits per heavy atom. The van der Waals surface area contributed by atoms with Gasteiger partial charge in [-0.2, -0.15) is 4.98 Å². The standard InChI is InChI=1S/C23H20N4O4.C15H13N3O4S.C15H13N3O3S.C8H7NO2S.C7H5NO2S.CH3I/c1-24-22(29)18-11-15(8-9-25-18)30-14-6-7-17-20(12-14)31-23(26-17)27-21-16-5-3-2-4-13(16)10-19(21)28;1-16-14(19)12-7-10(5-6-17-12)21-9-3-4-11-13(8-9)22-15(18-11)23(2)20;1-16-14(19)12-7-10(5-6-17-12)20-9-3-4-11-13(8-9)21-15(18-11)22-2;1-12-8-9-6-3-2-5(10)4-7(6)11-8;9-4-1-2-5-6(3-4)10-7(11)8-5;1-2/h2-9,11-12,19,21,28H,10H2,1H3,(H,24,29)(H,26,27);3-8H,1-2H3,(H,16,19);3-8H,1-2H3,(H,16,19);2-4,10H,1H3;1-3,9H,(H,8,11);1H3/t19-,21?;;;;;/m1...../s1. The van der Waals surface area contributed by atoms with Crippen molar-refractivity contribution in [2.45, 2.75) is 34.2 Å². The van der Waals surface area contributed by atoms with Crippen LogP contribution < -0.4 is 35.5 Å². The fourth-order valence-corrected chi connectivity index (χ4v) is 10.9. The van der Waals surface area contributed by atoms with Crippen LogP contribution in [0.2, 0.25) is 0 Å². The zero-order chi connectivity index (χ0) is 71.7. The predicted octanol–water partition coefficient (Wildman–Crippen LogP) is 14.2. The van der Waals surface area contributed by atoms with Crippen LogP contribution in [0.3, 0.4) is 0 Å². The molecular formula is C69H61IN12O15S4. The van der Waals surface area contributed by atoms with Crippen molar-refractivity contribution < 1.29 is 70.2 Å². The summed E-state index contributed by atoms with van der Waals surface area (Å²) in [4.78, 5) is 69.1. The zero-order valence-corrected chi connectivity index (χ0v) is 59.8. The Bertz CT molecular complexity index is 5330. The van der Waals surface area contributed by atoms with Gasteiger partial charge >= 0.3 is 0 Å². The monoisotopic (exact) mass is 1550 g/mol. The summed E-state index contributed by atoms with van der Waals surface area (Å²) in [5.74, 6) is 2.66. The van der Waals surface area contributed by atoms with E-state index in [2.05, 4.69) is 83.7 Å². The molecule has 8 aromatic heterocycles. The first-order valence-corrected chi connectivity index (χ1v) is 36.5. The van der Waals surface area contributed by atoms with Crippen molar-refractivity contribution >= 4 is 148 Å². The SMILES string of the molecule is CI.CNC(=O)c1cc(Oc2ccc3nc(NC4c5ccccc5C[C@H]4O)oc3c2)ccn1.CNC(=O)c1cc(Oc2ccc3nc(S(C)=O)oc3c2)ccn1.CNC(=O)c1cc(Oc2ccc3nc(SC)oc3c2)ccn1.CSc1nc2ccc(O)cc2o1.Oc1ccc2[nH]c(=S)oc2c1. The molecule has 0 bridgehead atoms. The van der Waals surface area contributed by atoms with Gasteiger partial charge in [-0.05, 0) is 120 Å². The molecule has 0 fully saturated rings. The molecule has 8 N–H and O–H groups in total. The Labute approximate surface area is 603 Å². The third kappa shape index (κ3) is 18.9. The summed E-state index contributed by atoms with van der Waals surface area (Å²) in [5.41, 5.74) is 9.48. The molecular weight excluding hydrogens is 1490 g/mol. The highest BCUT2D eigenvalue weighted by Crippen LogP contribution is 2.37. The minimum atomic E-state index is -1.29. The van der Waals surface area contributed by atoms with Gasteiger partial charge in [-0.1, -0.05) is 70.4 Å². The highest BCUT2D eigenvalue weighted by atomic mass is 127. The smallest absolute Gasteiger partial charge is 0.296 e. The highest BCUT2D eigenvalue weighted by Gasteiger charge is 2.32. The molecule has 14 aromatic rings. The van der Waals surface area contributed by atoms with Crippen molar-refractivity contribution in [1.29, 1.82) is 0 Å². The number of H-pyrrole nitrogens is 1. The molecule has 0 saturated carbocycles. The van der Waals surface area contributed by atoms with Crippen molar-refractivity contribution in [3.63, 3.8) is 0 Å². The number of anilines is 1. The fraction of sp³-hybridized carbons (Fsp3) is 0.145. The molecule has 518 valence electrons. The lowest BCUT2D eigenvalue weighted by atomic mass is 10.1. The first-order chi connectivity index (χ1) is 48.9. The van der Waals surface area contributed by atoms with E-state index in [-0.39, 0.29) is 51.9 Å². The number of thioether (sulfide) groups is 2. The van der Waals surface area contributed by atoms with E-state index in [1.54, 1.807) is 123 Å². The van der Waals surface area contributed by atoms with E-state index >= 15 is 0 Å². The van der Waals surface area contributed by atoms with Crippen molar-refractivity contribution in [3.8, 4) is 46.0 Å². The molecule has 0 aliphatic heterocycles. The fourth-order valence-electron chi connectivity index (χ4n) is 9.52. The molecule has 27 nitrogen and oxygen atoms in total. The number of nitrogens with one attached hydrogen (secondary N) is 5. The maximum absolute atomic E-state index is 11.8. The van der Waals surface area contributed by atoms with Gasteiger partial charge in [0, 0.05) is 101 Å². The van der Waals surface area contributed by atoms with E-state index in [4.69, 9.17) is 58.7 Å². The summed E-state index contributed by atoms with van der Waals surface area (Å²) in [6.07, 6.45) is 9.87. The molecule has 0 spiro atoms. The Kier molecular flexibility index (Phi) is 24.7. The number of oxazole rings is 5. The van der Waals surface area contributed by atoms with Crippen LogP contribution in [0.15, 0.2) is 208 Å². The number of hydrogen-bond donors (Lipinski definition) is 8. The summed E-state index contributed by atoms with van der Waals surface area (Å²) in [6.45, 7) is 0. The molecule has 3 atom stereocenters. The van der Waals surface area contributed by atoms with Gasteiger partial charge in [-0.25, -0.2) is 19.2 Å². The average Bonchev–Trinajstić information content (AvgIpc) is 1.66. The number of fused-ring (bicyclic) bond motifs is 6. The molecule has 32 heteroatoms. The van der Waals surface area contributed by atoms with Crippen LogP contribution in [0.4, 0.5) is 6.01 Å². The van der Waals surface area contributed by atoms with E-state index in [1.165, 1.54) is 67.6 Å². The topological polar surface area (TPSA) is 376 Å². The van der Waals surface area contributed by atoms with Gasteiger partial charge in [-0.15, -0.1) is 0 Å². The summed E-state index contributed by atoms with van der Waals surface area (Å²) in [7, 11) is 3.35. The number of pyridine rings is 3. The van der Waals surface area contributed by atoms with Crippen LogP contribution in [0.25, 0.3) is 55.5 Å². The number of phenols is 2. The number of amides is 3. The number of ether oxygens (including phenoxy) is 3. The van der Waals surface area contributed by atoms with E-state index < -0.39 is 16.9 Å². The number of carbonyl (C=O) groups is 3. The number of halogens is 1. The van der Waals surface area contributed by atoms with E-state index in [1.807, 2.05) is 47.8 Å². The van der Waals surface area contributed by atoms with Crippen LogP contribution in [-0.4, -0.2) is 128 Å². The second-order valence-corrected chi connectivity index (χ2v) is 24.0. The van der Waals surface area contributed by atoms with Gasteiger partial charge in [0.05, 0.1) is 17.7 Å². The molecule has 1 aliphatic carbocycles. The summed E-state index contributed by atoms with van der Waals surface area (Å²) >= 11 is 9.78. The summed E-state index contributed by atoms with van der Waals surface area (Å²) in [5, 5.41) is 40.8. The number of benzene rings is 6. The maximum atomic E-state index is 11.8. The van der Waals surface area contributed by atoms with Crippen LogP contribution in [0.5, 0.6) is 46.0 Å². The number of nitrogens with zero attached hydrogens (tertiary/aromatic N) is 7. The minimum Gasteiger partial charge on any atom is -0.508 e. The lowest BCUT2D eigenvalue weighted by molar-refractivity contribution is 0.0950. The Morgan fingerprint density at radius 3 is 1.47 bits per heavy atom. The van der Waals surface area contributed by atoms with E-state index in [9.17, 15) is 23.7 Å². The second-order valence-electron chi connectivity index (χ2n) is 20.8. The first-order valence-electron chi connectivity index (χ1n) is 29.9. The third-order valence-electron chi connectivity index (χ3n) is 14.2. The first kappa shape index (κ1) is 72.8. The van der Waals surface area contributed by atoms with Gasteiger partial charge in [0.2, 0.25) is 0 Å². The number of aromatic nitrogens is 8. The Hall–Kier alpha value is -10.9. The molecule has 0 saturated heterocycles. The molecule has 15 rings (SSSR count). The van der Waals surface area contributed by atoms with Crippen molar-refractivity contribution in [3.05, 3.63) is 203 Å². The number of aromatic amines is 1. The van der Waals surface area contributed by atoms with Gasteiger partial charge in [0.15, 0.2) is 27.9 Å². The zero-order valence-electron chi connectivity index (χ0n) is 54.4. The molecule has 1 aliphatic rings. The predicted molar refractivity (Wildman–Crippen MR) is 392 cm³/mol. The van der Waals surface area contributed by atoms with Crippen molar-refractivity contribution in [1.82, 2.24) is 55.8 Å². The van der Waals surface area contributed by atoms with Crippen LogP contribution in [-0.2, 0) is 17.2 Å². The molecule has 2 unspecified atom stereocenters. The van der Waals surface area contributed by atoms with E-state index in [0.29, 0.717) is 107 Å². The normalized spacial score (nSPS) is 12.9. The molecule has 8 heterocycles. The van der Waals surface area contributed by atoms with Crippen LogP contribution in [0, 0.1) is 4.84 Å². The Balaban J connectivity index is 0.000000141. The van der Waals surface area contributed by atoms with Gasteiger partial charge < -0.3 is 77.9 Å². The largest absolute Gasteiger partial charge is 0.508 e. The lowest BCUT2D eigenvalue weighted by Crippen LogP contribution is -2.21. The number of hydrogen-bond acceptors (Lipinski definition) is 26. The van der Waals surface area contributed by atoms with E-state index in [0.717, 1.165) is 27.7 Å². The van der Waals surface area contributed by atoms with Crippen molar-refractivity contribution in [2.24, 2.45) is 0 Å². The van der Waals surface area contributed by atoms with Crippen molar-refractivity contribution in [2.75, 3.05) is 50.2 Å². The number of phenolic OH excluding ortho intramolecular Hbond substituents is 2. The molecule has 3 amide bonds. The molecule has 6 aromatic carbocycles. The second kappa shape index (κ2) is 34.2. The number of carbonyl (C=O) groups excluding carboxylic acids is 3. The number of aromatic hydroxyl groups is 2. The number of alkyl halides is 1. The number of rotatable bonds is 14. The summed E-state index contributed by atoms with van der Waals surface area (Å²) in [6, 6.07) is 43.1. The van der Waals surface area contributed by atoms with Gasteiger partial charge in [0.1, 0.15) is 95.9 Å². The quantitative estimate of drug-likeness (QED) is 0.0217. The Morgan fingerprint density at radius 1 is 0.545 bits per heavy atom. The number of aliphatic hydroxyl groups is 1. The third-order valence-corrected chi connectivity index (χ3v) is 16.1. The molecule has 0 radical (unpaired) electrons. The minimum absolute atomic E-state index is 0.169. The van der Waals surface area contributed by atoms with Crippen LogP contribution >= 0.6 is 58.3 Å². The number of aliphatic hydroxyl groups excluding tert-OH is 1. The maximum Gasteiger partial charge on any atom is 0.296 e. The summed E-state index contributed by atoms with van der Waals surface area (Å²) < 4.78 is 55.9. The highest BCUT2D eigenvalue weighted by molar-refractivity contribution is 14.1. The lowest BCUT2D eigenvalue weighted by Gasteiger charge is -2.16. The average molecular weight is 1550 g/mol. The van der Waals surface area contributed by atoms with Gasteiger partial charge in [0.25, 0.3) is 44.2 Å². The van der Waals surface area contributed by atoms with Crippen LogP contribution in [0.1, 0.15) is 48.6 Å².